The van der Waals surface area contributed by atoms with Gasteiger partial charge in [-0.25, -0.2) is 4.98 Å². The second kappa shape index (κ2) is 3.47. The minimum atomic E-state index is 0.175. The van der Waals surface area contributed by atoms with Crippen LogP contribution in [-0.4, -0.2) is 19.7 Å². The lowest BCUT2D eigenvalue weighted by Gasteiger charge is -2.03. The number of aromatic hydroxyl groups is 1. The molecule has 0 aliphatic heterocycles. The molecule has 16 heavy (non-hydrogen) atoms. The summed E-state index contributed by atoms with van der Waals surface area (Å²) >= 11 is 0. The van der Waals surface area contributed by atoms with Gasteiger partial charge in [0.1, 0.15) is 0 Å². The van der Waals surface area contributed by atoms with Crippen LogP contribution in [0.4, 0.5) is 0 Å². The van der Waals surface area contributed by atoms with E-state index in [2.05, 4.69) is 17.0 Å². The third kappa shape index (κ3) is 1.64. The normalized spacial score (nSPS) is 23.8. The summed E-state index contributed by atoms with van der Waals surface area (Å²) < 4.78 is 1.45. The molecule has 0 spiro atoms. The Bertz CT molecular complexity index is 520. The predicted molar refractivity (Wildman–Crippen MR) is 60.2 cm³/mol. The fourth-order valence-electron chi connectivity index (χ4n) is 2.21. The Balaban J connectivity index is 1.81. The number of rotatable bonds is 3. The van der Waals surface area contributed by atoms with E-state index in [1.54, 1.807) is 12.3 Å². The number of aryl methyl sites for hydroxylation is 1. The molecule has 0 saturated heterocycles. The monoisotopic (exact) mass is 217 g/mol. The third-order valence-electron chi connectivity index (χ3n) is 3.44. The molecular weight excluding hydrogens is 202 g/mol. The lowest BCUT2D eigenvalue weighted by molar-refractivity contribution is 0.433. The van der Waals surface area contributed by atoms with Gasteiger partial charge in [0.15, 0.2) is 5.65 Å². The minimum absolute atomic E-state index is 0.175. The van der Waals surface area contributed by atoms with Crippen LogP contribution in [0.2, 0.25) is 0 Å². The summed E-state index contributed by atoms with van der Waals surface area (Å²) in [5.41, 5.74) is 1.68. The van der Waals surface area contributed by atoms with Crippen LogP contribution in [0.3, 0.4) is 0 Å². The fourth-order valence-corrected chi connectivity index (χ4v) is 2.21. The molecule has 4 nitrogen and oxygen atoms in total. The van der Waals surface area contributed by atoms with E-state index in [1.807, 2.05) is 6.07 Å². The highest BCUT2D eigenvalue weighted by molar-refractivity contribution is 5.40. The molecule has 0 amide bonds. The summed E-state index contributed by atoms with van der Waals surface area (Å²) in [5.74, 6) is 1.92. The van der Waals surface area contributed by atoms with Crippen LogP contribution in [0.5, 0.6) is 5.88 Å². The first kappa shape index (κ1) is 9.63. The maximum Gasteiger partial charge on any atom is 0.215 e. The van der Waals surface area contributed by atoms with E-state index in [0.717, 1.165) is 29.6 Å². The van der Waals surface area contributed by atoms with Gasteiger partial charge in [-0.15, -0.1) is 0 Å². The van der Waals surface area contributed by atoms with Crippen LogP contribution >= 0.6 is 0 Å². The van der Waals surface area contributed by atoms with E-state index in [4.69, 9.17) is 0 Å². The molecule has 2 heterocycles. The van der Waals surface area contributed by atoms with Crippen LogP contribution in [-0.2, 0) is 6.42 Å². The summed E-state index contributed by atoms with van der Waals surface area (Å²) in [6, 6.07) is 3.52. The van der Waals surface area contributed by atoms with Gasteiger partial charge in [-0.05, 0) is 31.1 Å². The Morgan fingerprint density at radius 1 is 1.56 bits per heavy atom. The van der Waals surface area contributed by atoms with E-state index in [9.17, 15) is 5.11 Å². The molecule has 4 heteroatoms. The quantitative estimate of drug-likeness (QED) is 0.855. The highest BCUT2D eigenvalue weighted by atomic mass is 16.3. The zero-order chi connectivity index (χ0) is 11.1. The van der Waals surface area contributed by atoms with Crippen LogP contribution in [0.1, 0.15) is 25.5 Å². The Morgan fingerprint density at radius 3 is 3.12 bits per heavy atom. The molecule has 2 atom stereocenters. The highest BCUT2D eigenvalue weighted by Gasteiger charge is 2.31. The summed E-state index contributed by atoms with van der Waals surface area (Å²) in [6.45, 7) is 2.29. The van der Waals surface area contributed by atoms with Gasteiger partial charge >= 0.3 is 0 Å². The number of hydrogen-bond acceptors (Lipinski definition) is 3. The SMILES string of the molecule is C[C@H]1C[C@@H]1CCc1cc(O)n2nccc2n1. The summed E-state index contributed by atoms with van der Waals surface area (Å²) in [6.07, 6.45) is 5.12. The summed E-state index contributed by atoms with van der Waals surface area (Å²) in [5, 5.41) is 13.7. The van der Waals surface area contributed by atoms with Crippen LogP contribution < -0.4 is 0 Å². The zero-order valence-corrected chi connectivity index (χ0v) is 9.30. The van der Waals surface area contributed by atoms with Crippen LogP contribution in [0.15, 0.2) is 18.3 Å². The standard InChI is InChI=1S/C12H15N3O/c1-8-6-9(8)2-3-10-7-12(16)15-11(14-10)4-5-13-15/h4-5,7-9,16H,2-3,6H2,1H3/t8-,9-/m0/s1. The van der Waals surface area contributed by atoms with Gasteiger partial charge in [-0.2, -0.15) is 9.61 Å². The average molecular weight is 217 g/mol. The van der Waals surface area contributed by atoms with E-state index in [-0.39, 0.29) is 5.88 Å². The highest BCUT2D eigenvalue weighted by Crippen LogP contribution is 2.41. The molecule has 0 radical (unpaired) electrons. The van der Waals surface area contributed by atoms with Gasteiger partial charge in [-0.1, -0.05) is 6.92 Å². The van der Waals surface area contributed by atoms with Crippen molar-refractivity contribution in [3.63, 3.8) is 0 Å². The van der Waals surface area contributed by atoms with Crippen molar-refractivity contribution in [1.82, 2.24) is 14.6 Å². The van der Waals surface area contributed by atoms with Gasteiger partial charge in [0.2, 0.25) is 5.88 Å². The second-order valence-corrected chi connectivity index (χ2v) is 4.72. The molecule has 2 aromatic heterocycles. The van der Waals surface area contributed by atoms with Gasteiger partial charge in [0.05, 0.1) is 6.20 Å². The molecule has 3 rings (SSSR count). The molecular formula is C12H15N3O. The Labute approximate surface area is 93.9 Å². The second-order valence-electron chi connectivity index (χ2n) is 4.72. The molecule has 1 N–H and O–H groups in total. The zero-order valence-electron chi connectivity index (χ0n) is 9.30. The maximum absolute atomic E-state index is 9.73. The van der Waals surface area contributed by atoms with Crippen LogP contribution in [0, 0.1) is 11.8 Å². The lowest BCUT2D eigenvalue weighted by atomic mass is 10.1. The summed E-state index contributed by atoms with van der Waals surface area (Å²) in [7, 11) is 0. The van der Waals surface area contributed by atoms with Crippen molar-refractivity contribution < 1.29 is 5.11 Å². The van der Waals surface area contributed by atoms with E-state index < -0.39 is 0 Å². The van der Waals surface area contributed by atoms with E-state index in [1.165, 1.54) is 17.4 Å². The Kier molecular flexibility index (Phi) is 2.09. The summed E-state index contributed by atoms with van der Waals surface area (Å²) in [4.78, 5) is 4.46. The predicted octanol–water partition coefficient (Wildman–Crippen LogP) is 2.02. The van der Waals surface area contributed by atoms with Gasteiger partial charge in [0.25, 0.3) is 0 Å². The van der Waals surface area contributed by atoms with E-state index >= 15 is 0 Å². The van der Waals surface area contributed by atoms with Crippen molar-refractivity contribution in [2.24, 2.45) is 11.8 Å². The Hall–Kier alpha value is -1.58. The maximum atomic E-state index is 9.73. The average Bonchev–Trinajstić information content (AvgIpc) is 2.78. The van der Waals surface area contributed by atoms with Crippen molar-refractivity contribution >= 4 is 5.65 Å². The number of nitrogens with zero attached hydrogens (tertiary/aromatic N) is 3. The van der Waals surface area contributed by atoms with Gasteiger partial charge in [-0.3, -0.25) is 0 Å². The van der Waals surface area contributed by atoms with Crippen molar-refractivity contribution in [1.29, 1.82) is 0 Å². The molecule has 2 aromatic rings. The first-order chi connectivity index (χ1) is 7.74. The lowest BCUT2D eigenvalue weighted by Crippen LogP contribution is -1.97. The van der Waals surface area contributed by atoms with Gasteiger partial charge < -0.3 is 5.11 Å². The van der Waals surface area contributed by atoms with Crippen molar-refractivity contribution in [3.05, 3.63) is 24.0 Å². The molecule has 0 unspecified atom stereocenters. The molecule has 1 aliphatic carbocycles. The molecule has 1 saturated carbocycles. The topological polar surface area (TPSA) is 50.4 Å². The largest absolute Gasteiger partial charge is 0.493 e. The fraction of sp³-hybridized carbons (Fsp3) is 0.500. The first-order valence-electron chi connectivity index (χ1n) is 5.76. The molecule has 0 aromatic carbocycles. The molecule has 1 aliphatic rings. The molecule has 1 fully saturated rings. The van der Waals surface area contributed by atoms with Crippen molar-refractivity contribution in [2.45, 2.75) is 26.2 Å². The number of fused-ring (bicyclic) bond motifs is 1. The molecule has 84 valence electrons. The van der Waals surface area contributed by atoms with Gasteiger partial charge in [0, 0.05) is 17.8 Å². The van der Waals surface area contributed by atoms with Crippen molar-refractivity contribution in [2.75, 3.05) is 0 Å². The Morgan fingerprint density at radius 2 is 2.38 bits per heavy atom. The number of aromatic nitrogens is 3. The smallest absolute Gasteiger partial charge is 0.215 e. The van der Waals surface area contributed by atoms with Crippen molar-refractivity contribution in [3.8, 4) is 5.88 Å². The van der Waals surface area contributed by atoms with E-state index in [0.29, 0.717) is 0 Å². The first-order valence-corrected chi connectivity index (χ1v) is 5.76. The molecule has 0 bridgehead atoms. The minimum Gasteiger partial charge on any atom is -0.493 e. The number of hydrogen-bond donors (Lipinski definition) is 1. The third-order valence-corrected chi connectivity index (χ3v) is 3.44. The van der Waals surface area contributed by atoms with Crippen LogP contribution in [0.25, 0.3) is 5.65 Å².